The van der Waals surface area contributed by atoms with E-state index in [4.69, 9.17) is 22.1 Å². The SMILES string of the molecule is Nc1ccc(Cl)cc1C1(c2ccccc2)CO1. The van der Waals surface area contributed by atoms with Crippen LogP contribution in [0.25, 0.3) is 0 Å². The van der Waals surface area contributed by atoms with Gasteiger partial charge in [0.25, 0.3) is 0 Å². The van der Waals surface area contributed by atoms with Crippen LogP contribution in [0.1, 0.15) is 11.1 Å². The zero-order valence-electron chi connectivity index (χ0n) is 9.19. The maximum absolute atomic E-state index is 6.03. The summed E-state index contributed by atoms with van der Waals surface area (Å²) in [5.41, 5.74) is 8.41. The summed E-state index contributed by atoms with van der Waals surface area (Å²) in [6, 6.07) is 15.6. The Balaban J connectivity index is 2.13. The van der Waals surface area contributed by atoms with Crippen molar-refractivity contribution in [2.24, 2.45) is 0 Å². The fourth-order valence-electron chi connectivity index (χ4n) is 2.14. The van der Waals surface area contributed by atoms with Crippen molar-refractivity contribution in [3.05, 3.63) is 64.7 Å². The van der Waals surface area contributed by atoms with Crippen molar-refractivity contribution in [2.45, 2.75) is 5.60 Å². The zero-order valence-corrected chi connectivity index (χ0v) is 9.95. The standard InChI is InChI=1S/C14H12ClNO/c15-11-6-7-13(16)12(8-11)14(9-17-14)10-4-2-1-3-5-10/h1-8H,9,16H2. The summed E-state index contributed by atoms with van der Waals surface area (Å²) in [5.74, 6) is 0. The molecule has 0 radical (unpaired) electrons. The van der Waals surface area contributed by atoms with Crippen molar-refractivity contribution in [1.29, 1.82) is 0 Å². The molecule has 0 saturated carbocycles. The minimum absolute atomic E-state index is 0.393. The van der Waals surface area contributed by atoms with Crippen LogP contribution < -0.4 is 5.73 Å². The number of hydrogen-bond donors (Lipinski definition) is 1. The van der Waals surface area contributed by atoms with Gasteiger partial charge in [0, 0.05) is 16.3 Å². The molecule has 1 fully saturated rings. The van der Waals surface area contributed by atoms with Crippen LogP contribution in [0.4, 0.5) is 5.69 Å². The maximum Gasteiger partial charge on any atom is 0.144 e. The van der Waals surface area contributed by atoms with E-state index in [1.54, 1.807) is 6.07 Å². The van der Waals surface area contributed by atoms with Crippen molar-refractivity contribution in [2.75, 3.05) is 12.3 Å². The van der Waals surface area contributed by atoms with E-state index in [0.717, 1.165) is 16.8 Å². The molecule has 1 aliphatic rings. The van der Waals surface area contributed by atoms with Gasteiger partial charge in [-0.05, 0) is 23.8 Å². The molecule has 1 heterocycles. The quantitative estimate of drug-likeness (QED) is 0.652. The lowest BCUT2D eigenvalue weighted by Gasteiger charge is -2.15. The number of hydrogen-bond acceptors (Lipinski definition) is 2. The summed E-state index contributed by atoms with van der Waals surface area (Å²) in [6.45, 7) is 0.654. The van der Waals surface area contributed by atoms with Gasteiger partial charge in [0.05, 0.1) is 6.61 Å². The van der Waals surface area contributed by atoms with Crippen LogP contribution in [0.3, 0.4) is 0 Å². The third-order valence-corrected chi connectivity index (χ3v) is 3.36. The molecule has 86 valence electrons. The van der Waals surface area contributed by atoms with E-state index in [1.807, 2.05) is 42.5 Å². The molecule has 2 aromatic rings. The van der Waals surface area contributed by atoms with Crippen molar-refractivity contribution >= 4 is 17.3 Å². The van der Waals surface area contributed by atoms with E-state index in [2.05, 4.69) is 0 Å². The highest BCUT2D eigenvalue weighted by Gasteiger charge is 2.49. The number of anilines is 1. The first-order chi connectivity index (χ1) is 8.22. The second kappa shape index (κ2) is 3.76. The molecule has 3 heteroatoms. The van der Waals surface area contributed by atoms with Gasteiger partial charge >= 0.3 is 0 Å². The molecular weight excluding hydrogens is 234 g/mol. The Kier molecular flexibility index (Phi) is 2.35. The van der Waals surface area contributed by atoms with E-state index in [-0.39, 0.29) is 0 Å². The number of ether oxygens (including phenoxy) is 1. The molecule has 2 N–H and O–H groups in total. The van der Waals surface area contributed by atoms with Gasteiger partial charge in [0.1, 0.15) is 5.60 Å². The van der Waals surface area contributed by atoms with Crippen molar-refractivity contribution in [3.63, 3.8) is 0 Å². The second-order valence-corrected chi connectivity index (χ2v) is 4.65. The predicted octanol–water partition coefficient (Wildman–Crippen LogP) is 3.20. The zero-order chi connectivity index (χ0) is 11.9. The van der Waals surface area contributed by atoms with Gasteiger partial charge in [-0.2, -0.15) is 0 Å². The van der Waals surface area contributed by atoms with E-state index < -0.39 is 5.60 Å². The van der Waals surface area contributed by atoms with E-state index >= 15 is 0 Å². The van der Waals surface area contributed by atoms with Crippen LogP contribution in [0.15, 0.2) is 48.5 Å². The highest BCUT2D eigenvalue weighted by Crippen LogP contribution is 2.47. The number of rotatable bonds is 2. The summed E-state index contributed by atoms with van der Waals surface area (Å²) >= 11 is 6.03. The van der Waals surface area contributed by atoms with Crippen LogP contribution in [-0.4, -0.2) is 6.61 Å². The molecule has 1 unspecified atom stereocenters. The minimum atomic E-state index is -0.393. The first-order valence-corrected chi connectivity index (χ1v) is 5.85. The molecule has 17 heavy (non-hydrogen) atoms. The van der Waals surface area contributed by atoms with Gasteiger partial charge in [-0.3, -0.25) is 0 Å². The normalized spacial score (nSPS) is 22.4. The number of epoxide rings is 1. The molecule has 0 aromatic heterocycles. The van der Waals surface area contributed by atoms with Gasteiger partial charge in [0.15, 0.2) is 0 Å². The smallest absolute Gasteiger partial charge is 0.144 e. The molecule has 1 aliphatic heterocycles. The first kappa shape index (κ1) is 10.6. The Bertz CT molecular complexity index is 549. The van der Waals surface area contributed by atoms with Crippen LogP contribution in [0.2, 0.25) is 5.02 Å². The Morgan fingerprint density at radius 3 is 2.47 bits per heavy atom. The van der Waals surface area contributed by atoms with Gasteiger partial charge in [-0.1, -0.05) is 41.9 Å². The Hall–Kier alpha value is -1.51. The minimum Gasteiger partial charge on any atom is -0.398 e. The summed E-state index contributed by atoms with van der Waals surface area (Å²) in [6.07, 6.45) is 0. The number of halogens is 1. The molecule has 2 aromatic carbocycles. The predicted molar refractivity (Wildman–Crippen MR) is 69.0 cm³/mol. The average molecular weight is 246 g/mol. The summed E-state index contributed by atoms with van der Waals surface area (Å²) in [7, 11) is 0. The summed E-state index contributed by atoms with van der Waals surface area (Å²) in [5, 5.41) is 0.681. The Morgan fingerprint density at radius 1 is 1.12 bits per heavy atom. The third-order valence-electron chi connectivity index (χ3n) is 3.12. The highest BCUT2D eigenvalue weighted by atomic mass is 35.5. The maximum atomic E-state index is 6.03. The topological polar surface area (TPSA) is 38.5 Å². The molecule has 1 atom stereocenters. The summed E-state index contributed by atoms with van der Waals surface area (Å²) in [4.78, 5) is 0. The van der Waals surface area contributed by atoms with E-state index in [0.29, 0.717) is 11.6 Å². The largest absolute Gasteiger partial charge is 0.398 e. The number of nitrogen functional groups attached to an aromatic ring is 1. The van der Waals surface area contributed by atoms with Gasteiger partial charge in [-0.25, -0.2) is 0 Å². The van der Waals surface area contributed by atoms with Crippen molar-refractivity contribution < 1.29 is 4.74 Å². The third kappa shape index (κ3) is 1.70. The molecular formula is C14H12ClNO. The molecule has 0 amide bonds. The second-order valence-electron chi connectivity index (χ2n) is 4.21. The van der Waals surface area contributed by atoms with Crippen molar-refractivity contribution in [1.82, 2.24) is 0 Å². The monoisotopic (exact) mass is 245 g/mol. The first-order valence-electron chi connectivity index (χ1n) is 5.47. The fourth-order valence-corrected chi connectivity index (χ4v) is 2.31. The molecule has 1 saturated heterocycles. The highest BCUT2D eigenvalue weighted by molar-refractivity contribution is 6.30. The molecule has 0 spiro atoms. The molecule has 0 bridgehead atoms. The lowest BCUT2D eigenvalue weighted by Crippen LogP contribution is -2.13. The summed E-state index contributed by atoms with van der Waals surface area (Å²) < 4.78 is 5.67. The fraction of sp³-hybridized carbons (Fsp3) is 0.143. The molecule has 3 rings (SSSR count). The van der Waals surface area contributed by atoms with Crippen LogP contribution in [-0.2, 0) is 10.3 Å². The number of nitrogens with two attached hydrogens (primary N) is 1. The van der Waals surface area contributed by atoms with Crippen LogP contribution >= 0.6 is 11.6 Å². The lowest BCUT2D eigenvalue weighted by molar-refractivity contribution is 0.350. The Morgan fingerprint density at radius 2 is 1.82 bits per heavy atom. The van der Waals surface area contributed by atoms with E-state index in [9.17, 15) is 0 Å². The van der Waals surface area contributed by atoms with Gasteiger partial charge < -0.3 is 10.5 Å². The molecule has 0 aliphatic carbocycles. The van der Waals surface area contributed by atoms with Crippen LogP contribution in [0.5, 0.6) is 0 Å². The van der Waals surface area contributed by atoms with Gasteiger partial charge in [-0.15, -0.1) is 0 Å². The van der Waals surface area contributed by atoms with Gasteiger partial charge in [0.2, 0.25) is 0 Å². The average Bonchev–Trinajstić information content (AvgIpc) is 3.15. The van der Waals surface area contributed by atoms with E-state index in [1.165, 1.54) is 0 Å². The van der Waals surface area contributed by atoms with Crippen LogP contribution in [0, 0.1) is 0 Å². The lowest BCUT2D eigenvalue weighted by atomic mass is 9.91. The number of benzene rings is 2. The Labute approximate surface area is 105 Å². The van der Waals surface area contributed by atoms with Crippen molar-refractivity contribution in [3.8, 4) is 0 Å². The molecule has 2 nitrogen and oxygen atoms in total.